The number of anilines is 1. The summed E-state index contributed by atoms with van der Waals surface area (Å²) in [5.41, 5.74) is 2.83. The number of hydrogen-bond donors (Lipinski definition) is 2. The third kappa shape index (κ3) is 3.64. The first kappa shape index (κ1) is 17.9. The first-order valence-electron chi connectivity index (χ1n) is 9.11. The van der Waals surface area contributed by atoms with Crippen LogP contribution in [0.5, 0.6) is 11.5 Å². The van der Waals surface area contributed by atoms with Crippen molar-refractivity contribution >= 4 is 28.4 Å². The molecule has 0 saturated heterocycles. The van der Waals surface area contributed by atoms with E-state index in [0.717, 1.165) is 16.5 Å². The number of fused-ring (bicyclic) bond motifs is 2. The normalized spacial score (nSPS) is 12.2. The van der Waals surface area contributed by atoms with Crippen molar-refractivity contribution in [2.45, 2.75) is 13.3 Å². The Hall–Kier alpha value is -3.48. The first-order chi connectivity index (χ1) is 13.6. The molecule has 2 amide bonds. The molecule has 1 aliphatic heterocycles. The number of carbonyl (C=O) groups excluding carboxylic acids is 2. The SMILES string of the molecule is CC(=O)N(CC(=O)NCCc1c[nH]c2ccccc12)c1ccc2c(c1)OCO2. The molecule has 7 nitrogen and oxygen atoms in total. The number of para-hydroxylation sites is 1. The lowest BCUT2D eigenvalue weighted by molar-refractivity contribution is -0.123. The summed E-state index contributed by atoms with van der Waals surface area (Å²) in [6, 6.07) is 13.2. The Labute approximate surface area is 162 Å². The summed E-state index contributed by atoms with van der Waals surface area (Å²) in [5, 5.41) is 4.05. The van der Waals surface area contributed by atoms with Gasteiger partial charge in [-0.2, -0.15) is 0 Å². The van der Waals surface area contributed by atoms with Gasteiger partial charge in [-0.15, -0.1) is 0 Å². The van der Waals surface area contributed by atoms with Gasteiger partial charge in [0.15, 0.2) is 11.5 Å². The van der Waals surface area contributed by atoms with Gasteiger partial charge in [0.1, 0.15) is 6.54 Å². The summed E-state index contributed by atoms with van der Waals surface area (Å²) >= 11 is 0. The molecule has 0 fully saturated rings. The van der Waals surface area contributed by atoms with E-state index in [0.29, 0.717) is 30.2 Å². The zero-order valence-electron chi connectivity index (χ0n) is 15.5. The van der Waals surface area contributed by atoms with Crippen LogP contribution in [-0.4, -0.2) is 36.7 Å². The second-order valence-electron chi connectivity index (χ2n) is 6.60. The monoisotopic (exact) mass is 379 g/mol. The molecule has 1 aliphatic rings. The molecule has 0 unspecified atom stereocenters. The number of nitrogens with one attached hydrogen (secondary N) is 2. The fourth-order valence-electron chi connectivity index (χ4n) is 3.31. The maximum atomic E-state index is 12.4. The van der Waals surface area contributed by atoms with Crippen LogP contribution in [-0.2, 0) is 16.0 Å². The number of ether oxygens (including phenoxy) is 2. The number of rotatable bonds is 6. The van der Waals surface area contributed by atoms with Gasteiger partial charge in [-0.3, -0.25) is 9.59 Å². The van der Waals surface area contributed by atoms with Gasteiger partial charge in [-0.1, -0.05) is 18.2 Å². The van der Waals surface area contributed by atoms with Crippen LogP contribution in [0.2, 0.25) is 0 Å². The number of benzene rings is 2. The fraction of sp³-hybridized carbons (Fsp3) is 0.238. The van der Waals surface area contributed by atoms with E-state index in [1.165, 1.54) is 11.8 Å². The molecule has 144 valence electrons. The topological polar surface area (TPSA) is 83.7 Å². The molecule has 3 aromatic rings. The van der Waals surface area contributed by atoms with Crippen LogP contribution in [0, 0.1) is 0 Å². The number of aromatic nitrogens is 1. The van der Waals surface area contributed by atoms with E-state index in [9.17, 15) is 9.59 Å². The largest absolute Gasteiger partial charge is 0.454 e. The number of amides is 2. The molecule has 4 rings (SSSR count). The number of aromatic amines is 1. The molecule has 0 radical (unpaired) electrons. The quantitative estimate of drug-likeness (QED) is 0.690. The lowest BCUT2D eigenvalue weighted by atomic mass is 10.1. The summed E-state index contributed by atoms with van der Waals surface area (Å²) in [4.78, 5) is 29.1. The second kappa shape index (κ2) is 7.64. The highest BCUT2D eigenvalue weighted by atomic mass is 16.7. The highest BCUT2D eigenvalue weighted by Gasteiger charge is 2.20. The summed E-state index contributed by atoms with van der Waals surface area (Å²) in [6.07, 6.45) is 2.67. The minimum Gasteiger partial charge on any atom is -0.454 e. The van der Waals surface area contributed by atoms with Gasteiger partial charge in [0.05, 0.1) is 0 Å². The molecule has 0 saturated carbocycles. The van der Waals surface area contributed by atoms with Crippen molar-refractivity contribution in [3.05, 3.63) is 54.2 Å². The Morgan fingerprint density at radius 3 is 2.82 bits per heavy atom. The Balaban J connectivity index is 1.36. The maximum absolute atomic E-state index is 12.4. The van der Waals surface area contributed by atoms with Crippen LogP contribution < -0.4 is 19.7 Å². The van der Waals surface area contributed by atoms with Crippen LogP contribution >= 0.6 is 0 Å². The van der Waals surface area contributed by atoms with Crippen molar-refractivity contribution in [1.29, 1.82) is 0 Å². The molecule has 0 atom stereocenters. The highest BCUT2D eigenvalue weighted by molar-refractivity contribution is 5.97. The summed E-state index contributed by atoms with van der Waals surface area (Å²) < 4.78 is 10.6. The van der Waals surface area contributed by atoms with Crippen molar-refractivity contribution in [3.8, 4) is 11.5 Å². The average Bonchev–Trinajstić information content (AvgIpc) is 3.32. The van der Waals surface area contributed by atoms with Crippen molar-refractivity contribution in [1.82, 2.24) is 10.3 Å². The number of H-pyrrole nitrogens is 1. The molecular weight excluding hydrogens is 358 g/mol. The summed E-state index contributed by atoms with van der Waals surface area (Å²) in [6.45, 7) is 2.04. The molecule has 0 aliphatic carbocycles. The predicted molar refractivity (Wildman–Crippen MR) is 106 cm³/mol. The van der Waals surface area contributed by atoms with Crippen molar-refractivity contribution in [2.24, 2.45) is 0 Å². The number of hydrogen-bond acceptors (Lipinski definition) is 4. The van der Waals surface area contributed by atoms with Gasteiger partial charge in [0.2, 0.25) is 18.6 Å². The predicted octanol–water partition coefficient (Wildman–Crippen LogP) is 2.61. The van der Waals surface area contributed by atoms with E-state index in [2.05, 4.69) is 16.4 Å². The molecule has 0 bridgehead atoms. The van der Waals surface area contributed by atoms with Gasteiger partial charge < -0.3 is 24.7 Å². The van der Waals surface area contributed by atoms with E-state index < -0.39 is 0 Å². The molecular formula is C21H21N3O4. The van der Waals surface area contributed by atoms with Gasteiger partial charge in [0.25, 0.3) is 0 Å². The van der Waals surface area contributed by atoms with Crippen molar-refractivity contribution in [3.63, 3.8) is 0 Å². The number of nitrogens with zero attached hydrogens (tertiary/aromatic N) is 1. The molecule has 2 aromatic carbocycles. The average molecular weight is 379 g/mol. The first-order valence-corrected chi connectivity index (χ1v) is 9.11. The molecule has 7 heteroatoms. The van der Waals surface area contributed by atoms with E-state index >= 15 is 0 Å². The minimum absolute atomic E-state index is 0.0527. The van der Waals surface area contributed by atoms with Gasteiger partial charge in [-0.25, -0.2) is 0 Å². The van der Waals surface area contributed by atoms with Crippen LogP contribution in [0.25, 0.3) is 10.9 Å². The molecule has 1 aromatic heterocycles. The lowest BCUT2D eigenvalue weighted by Crippen LogP contribution is -2.40. The molecule has 2 N–H and O–H groups in total. The standard InChI is InChI=1S/C21H21N3O4/c1-14(25)24(16-6-7-19-20(10-16)28-13-27-19)12-21(26)22-9-8-15-11-23-18-5-3-2-4-17(15)18/h2-7,10-11,23H,8-9,12-13H2,1H3,(H,22,26). The van der Waals surface area contributed by atoms with E-state index in [4.69, 9.17) is 9.47 Å². The smallest absolute Gasteiger partial charge is 0.240 e. The van der Waals surface area contributed by atoms with Gasteiger partial charge >= 0.3 is 0 Å². The van der Waals surface area contributed by atoms with Crippen LogP contribution in [0.15, 0.2) is 48.7 Å². The Kier molecular flexibility index (Phi) is 4.89. The second-order valence-corrected chi connectivity index (χ2v) is 6.60. The summed E-state index contributed by atoms with van der Waals surface area (Å²) in [7, 11) is 0. The van der Waals surface area contributed by atoms with Crippen molar-refractivity contribution < 1.29 is 19.1 Å². The van der Waals surface area contributed by atoms with Crippen LogP contribution in [0.3, 0.4) is 0 Å². The van der Waals surface area contributed by atoms with Gasteiger partial charge in [-0.05, 0) is 30.2 Å². The van der Waals surface area contributed by atoms with Gasteiger partial charge in [0, 0.05) is 42.3 Å². The lowest BCUT2D eigenvalue weighted by Gasteiger charge is -2.21. The Morgan fingerprint density at radius 1 is 1.14 bits per heavy atom. The fourth-order valence-corrected chi connectivity index (χ4v) is 3.31. The number of carbonyl (C=O) groups is 2. The highest BCUT2D eigenvalue weighted by Crippen LogP contribution is 2.35. The zero-order valence-corrected chi connectivity index (χ0v) is 15.5. The van der Waals surface area contributed by atoms with E-state index in [1.54, 1.807) is 18.2 Å². The Bertz CT molecular complexity index is 1030. The third-order valence-electron chi connectivity index (χ3n) is 4.74. The maximum Gasteiger partial charge on any atom is 0.240 e. The molecule has 2 heterocycles. The van der Waals surface area contributed by atoms with Crippen LogP contribution in [0.1, 0.15) is 12.5 Å². The third-order valence-corrected chi connectivity index (χ3v) is 4.74. The molecule has 28 heavy (non-hydrogen) atoms. The van der Waals surface area contributed by atoms with Crippen molar-refractivity contribution in [2.75, 3.05) is 24.8 Å². The Morgan fingerprint density at radius 2 is 1.96 bits per heavy atom. The zero-order chi connectivity index (χ0) is 19.5. The van der Waals surface area contributed by atoms with Crippen LogP contribution in [0.4, 0.5) is 5.69 Å². The summed E-state index contributed by atoms with van der Waals surface area (Å²) in [5.74, 6) is 0.775. The molecule has 0 spiro atoms. The van der Waals surface area contributed by atoms with E-state index in [-0.39, 0.29) is 25.2 Å². The van der Waals surface area contributed by atoms with E-state index in [1.807, 2.05) is 24.4 Å². The minimum atomic E-state index is -0.217.